The van der Waals surface area contributed by atoms with Gasteiger partial charge < -0.3 is 10.1 Å². The van der Waals surface area contributed by atoms with E-state index in [1.165, 1.54) is 44.0 Å². The van der Waals surface area contributed by atoms with Gasteiger partial charge in [0.25, 0.3) is 15.9 Å². The van der Waals surface area contributed by atoms with Crippen LogP contribution in [0.2, 0.25) is 0 Å². The molecule has 0 bridgehead atoms. The van der Waals surface area contributed by atoms with Crippen molar-refractivity contribution in [3.8, 4) is 0 Å². The number of halogens is 1. The van der Waals surface area contributed by atoms with Crippen LogP contribution in [0.4, 0.5) is 10.1 Å². The molecule has 156 valence electrons. The van der Waals surface area contributed by atoms with Crippen molar-refractivity contribution in [2.45, 2.75) is 31.1 Å². The Morgan fingerprint density at radius 3 is 2.55 bits per heavy atom. The van der Waals surface area contributed by atoms with Crippen LogP contribution in [0.15, 0.2) is 47.4 Å². The average molecular weight is 421 g/mol. The van der Waals surface area contributed by atoms with Crippen molar-refractivity contribution in [3.05, 3.63) is 59.4 Å². The number of aryl methyl sites for hydroxylation is 1. The Hall–Kier alpha value is -2.45. The van der Waals surface area contributed by atoms with Gasteiger partial charge >= 0.3 is 0 Å². The summed E-state index contributed by atoms with van der Waals surface area (Å²) in [4.78, 5) is 12.1. The quantitative estimate of drug-likeness (QED) is 0.577. The van der Waals surface area contributed by atoms with Crippen molar-refractivity contribution in [2.75, 3.05) is 24.5 Å². The first kappa shape index (κ1) is 21.3. The van der Waals surface area contributed by atoms with Crippen LogP contribution in [0, 0.1) is 18.7 Å². The SMILES string of the molecule is Cc1cc(S(=O)(=O)Nc2ccc(C(=O)NCCCOCC3CC3)cc2)ccc1F. The van der Waals surface area contributed by atoms with Crippen molar-refractivity contribution >= 4 is 21.6 Å². The van der Waals surface area contributed by atoms with E-state index in [-0.39, 0.29) is 16.4 Å². The van der Waals surface area contributed by atoms with Crippen LogP contribution in [0.1, 0.15) is 35.2 Å². The lowest BCUT2D eigenvalue weighted by molar-refractivity contribution is 0.0937. The molecule has 0 aliphatic heterocycles. The number of rotatable bonds is 10. The van der Waals surface area contributed by atoms with E-state index in [0.717, 1.165) is 25.0 Å². The molecule has 1 aliphatic rings. The van der Waals surface area contributed by atoms with Crippen molar-refractivity contribution < 1.29 is 22.3 Å². The summed E-state index contributed by atoms with van der Waals surface area (Å²) in [6.07, 6.45) is 3.26. The predicted octanol–water partition coefficient (Wildman–Crippen LogP) is 3.48. The summed E-state index contributed by atoms with van der Waals surface area (Å²) in [6, 6.07) is 9.73. The monoisotopic (exact) mass is 420 g/mol. The normalized spacial score (nSPS) is 13.9. The molecule has 0 aromatic heterocycles. The largest absolute Gasteiger partial charge is 0.381 e. The van der Waals surface area contributed by atoms with Crippen LogP contribution in [0.3, 0.4) is 0 Å². The third-order valence-electron chi connectivity index (χ3n) is 4.64. The summed E-state index contributed by atoms with van der Waals surface area (Å²) in [5, 5.41) is 2.81. The lowest BCUT2D eigenvalue weighted by atomic mass is 10.2. The lowest BCUT2D eigenvalue weighted by Crippen LogP contribution is -2.25. The molecule has 1 fully saturated rings. The molecule has 6 nitrogen and oxygen atoms in total. The number of nitrogens with one attached hydrogen (secondary N) is 2. The Balaban J connectivity index is 1.49. The van der Waals surface area contributed by atoms with Crippen LogP contribution in [-0.2, 0) is 14.8 Å². The molecule has 29 heavy (non-hydrogen) atoms. The molecular weight excluding hydrogens is 395 g/mol. The number of benzene rings is 2. The van der Waals surface area contributed by atoms with E-state index in [2.05, 4.69) is 10.0 Å². The van der Waals surface area contributed by atoms with Gasteiger partial charge in [-0.1, -0.05) is 0 Å². The smallest absolute Gasteiger partial charge is 0.261 e. The van der Waals surface area contributed by atoms with Crippen LogP contribution in [0.25, 0.3) is 0 Å². The van der Waals surface area contributed by atoms with Gasteiger partial charge in [0.15, 0.2) is 0 Å². The van der Waals surface area contributed by atoms with Gasteiger partial charge in [-0.3, -0.25) is 9.52 Å². The van der Waals surface area contributed by atoms with Gasteiger partial charge in [-0.05, 0) is 80.1 Å². The van der Waals surface area contributed by atoms with E-state index in [0.29, 0.717) is 24.4 Å². The minimum Gasteiger partial charge on any atom is -0.381 e. The van der Waals surface area contributed by atoms with Crippen molar-refractivity contribution in [3.63, 3.8) is 0 Å². The molecule has 0 unspecified atom stereocenters. The third kappa shape index (κ3) is 6.27. The molecule has 1 amide bonds. The first-order chi connectivity index (χ1) is 13.8. The number of carbonyl (C=O) groups excluding carboxylic acids is 1. The molecule has 1 aliphatic carbocycles. The highest BCUT2D eigenvalue weighted by Gasteiger charge is 2.20. The fourth-order valence-electron chi connectivity index (χ4n) is 2.70. The maximum atomic E-state index is 13.4. The van der Waals surface area contributed by atoms with Crippen LogP contribution < -0.4 is 10.0 Å². The Kier molecular flexibility index (Phi) is 6.87. The molecule has 8 heteroatoms. The van der Waals surface area contributed by atoms with Crippen molar-refractivity contribution in [2.24, 2.45) is 5.92 Å². The summed E-state index contributed by atoms with van der Waals surface area (Å²) in [5.74, 6) is 0.0390. The van der Waals surface area contributed by atoms with Crippen LogP contribution in [-0.4, -0.2) is 34.1 Å². The zero-order valence-electron chi connectivity index (χ0n) is 16.3. The standard InChI is InChI=1S/C21H25FN2O4S/c1-15-13-19(9-10-20(15)22)29(26,27)24-18-7-5-17(6-8-18)21(25)23-11-2-12-28-14-16-3-4-16/h5-10,13,16,24H,2-4,11-12,14H2,1H3,(H,23,25). The van der Waals surface area contributed by atoms with E-state index in [1.54, 1.807) is 12.1 Å². The molecule has 0 spiro atoms. The van der Waals surface area contributed by atoms with Gasteiger partial charge in [0.2, 0.25) is 0 Å². The summed E-state index contributed by atoms with van der Waals surface area (Å²) < 4.78 is 46.2. The van der Waals surface area contributed by atoms with Crippen LogP contribution >= 0.6 is 0 Å². The molecule has 3 rings (SSSR count). The van der Waals surface area contributed by atoms with E-state index < -0.39 is 15.8 Å². The number of hydrogen-bond donors (Lipinski definition) is 2. The summed E-state index contributed by atoms with van der Waals surface area (Å²) >= 11 is 0. The molecule has 0 atom stereocenters. The second-order valence-corrected chi connectivity index (χ2v) is 8.90. The van der Waals surface area contributed by atoms with Gasteiger partial charge in [-0.25, -0.2) is 12.8 Å². The summed E-state index contributed by atoms with van der Waals surface area (Å²) in [6.45, 7) is 3.45. The van der Waals surface area contributed by atoms with E-state index in [9.17, 15) is 17.6 Å². The average Bonchev–Trinajstić information content (AvgIpc) is 3.51. The highest BCUT2D eigenvalue weighted by Crippen LogP contribution is 2.28. The molecular formula is C21H25FN2O4S. The van der Waals surface area contributed by atoms with Gasteiger partial charge in [-0.15, -0.1) is 0 Å². The molecule has 2 aromatic rings. The Bertz CT molecular complexity index is 957. The Morgan fingerprint density at radius 1 is 1.17 bits per heavy atom. The molecule has 0 heterocycles. The first-order valence-corrected chi connectivity index (χ1v) is 11.1. The minimum absolute atomic E-state index is 0.0258. The number of sulfonamides is 1. The fraction of sp³-hybridized carbons (Fsp3) is 0.381. The van der Waals surface area contributed by atoms with Gasteiger partial charge in [-0.2, -0.15) is 0 Å². The van der Waals surface area contributed by atoms with Crippen molar-refractivity contribution in [1.82, 2.24) is 5.32 Å². The highest BCUT2D eigenvalue weighted by atomic mass is 32.2. The first-order valence-electron chi connectivity index (χ1n) is 9.60. The molecule has 0 saturated heterocycles. The zero-order chi connectivity index (χ0) is 20.9. The molecule has 2 N–H and O–H groups in total. The topological polar surface area (TPSA) is 84.5 Å². The Labute approximate surface area is 170 Å². The van der Waals surface area contributed by atoms with Gasteiger partial charge in [0.05, 0.1) is 4.90 Å². The van der Waals surface area contributed by atoms with Gasteiger partial charge in [0.1, 0.15) is 5.82 Å². The molecule has 0 radical (unpaired) electrons. The maximum Gasteiger partial charge on any atom is 0.261 e. The number of hydrogen-bond acceptors (Lipinski definition) is 4. The highest BCUT2D eigenvalue weighted by molar-refractivity contribution is 7.92. The second-order valence-electron chi connectivity index (χ2n) is 7.22. The summed E-state index contributed by atoms with van der Waals surface area (Å²) in [5.41, 5.74) is 0.999. The van der Waals surface area contributed by atoms with Crippen molar-refractivity contribution in [1.29, 1.82) is 0 Å². The number of amides is 1. The van der Waals surface area contributed by atoms with E-state index in [1.807, 2.05) is 0 Å². The Morgan fingerprint density at radius 2 is 1.90 bits per heavy atom. The maximum absolute atomic E-state index is 13.4. The number of anilines is 1. The third-order valence-corrected chi connectivity index (χ3v) is 6.02. The zero-order valence-corrected chi connectivity index (χ0v) is 17.1. The molecule has 2 aromatic carbocycles. The van der Waals surface area contributed by atoms with E-state index in [4.69, 9.17) is 4.74 Å². The number of carbonyl (C=O) groups is 1. The predicted molar refractivity (Wildman–Crippen MR) is 109 cm³/mol. The van der Waals surface area contributed by atoms with Crippen LogP contribution in [0.5, 0.6) is 0 Å². The summed E-state index contributed by atoms with van der Waals surface area (Å²) in [7, 11) is -3.84. The lowest BCUT2D eigenvalue weighted by Gasteiger charge is -2.10. The van der Waals surface area contributed by atoms with E-state index >= 15 is 0 Å². The second kappa shape index (κ2) is 9.37. The molecule has 1 saturated carbocycles. The fourth-order valence-corrected chi connectivity index (χ4v) is 3.84. The van der Waals surface area contributed by atoms with Gasteiger partial charge in [0, 0.05) is 31.0 Å². The minimum atomic E-state index is -3.84. The number of ether oxygens (including phenoxy) is 1.